The Balaban J connectivity index is 2.62. The number of nitro benzene ring substituents is 1. The maximum atomic E-state index is 11.4. The van der Waals surface area contributed by atoms with Crippen LogP contribution in [-0.4, -0.2) is 29.9 Å². The maximum Gasteiger partial charge on any atom is 0.418 e. The number of rotatable bonds is 4. The van der Waals surface area contributed by atoms with Crippen LogP contribution in [0.25, 0.3) is 0 Å². The third-order valence-electron chi connectivity index (χ3n) is 1.84. The van der Waals surface area contributed by atoms with Gasteiger partial charge in [0.25, 0.3) is 11.6 Å². The molecule has 0 aromatic heterocycles. The second-order valence-corrected chi connectivity index (χ2v) is 3.39. The lowest BCUT2D eigenvalue weighted by atomic mass is 10.3. The van der Waals surface area contributed by atoms with E-state index in [-0.39, 0.29) is 17.5 Å². The SMILES string of the molecule is CON=C(CCl)OC(=O)Nc1ccc([N+](=O)[O-])cc1. The van der Waals surface area contributed by atoms with Crippen LogP contribution in [0.4, 0.5) is 16.2 Å². The molecule has 0 aliphatic carbocycles. The first-order valence-electron chi connectivity index (χ1n) is 4.96. The monoisotopic (exact) mass is 287 g/mol. The molecule has 1 N–H and O–H groups in total. The zero-order valence-corrected chi connectivity index (χ0v) is 10.6. The molecule has 0 saturated carbocycles. The van der Waals surface area contributed by atoms with Crippen molar-refractivity contribution in [2.24, 2.45) is 5.16 Å². The van der Waals surface area contributed by atoms with E-state index in [2.05, 4.69) is 15.3 Å². The van der Waals surface area contributed by atoms with Crippen molar-refractivity contribution in [2.75, 3.05) is 18.3 Å². The summed E-state index contributed by atoms with van der Waals surface area (Å²) < 4.78 is 4.73. The van der Waals surface area contributed by atoms with E-state index in [1.807, 2.05) is 0 Å². The molecular weight excluding hydrogens is 278 g/mol. The molecule has 0 radical (unpaired) electrons. The van der Waals surface area contributed by atoms with Crippen molar-refractivity contribution in [3.8, 4) is 0 Å². The summed E-state index contributed by atoms with van der Waals surface area (Å²) in [6.07, 6.45) is -0.828. The third-order valence-corrected chi connectivity index (χ3v) is 2.07. The van der Waals surface area contributed by atoms with Crippen LogP contribution in [-0.2, 0) is 9.57 Å². The van der Waals surface area contributed by atoms with Gasteiger partial charge in [-0.05, 0) is 12.1 Å². The number of hydrogen-bond acceptors (Lipinski definition) is 6. The molecule has 1 aromatic carbocycles. The molecule has 9 heteroatoms. The van der Waals surface area contributed by atoms with E-state index in [1.165, 1.54) is 31.4 Å². The molecule has 1 amide bonds. The van der Waals surface area contributed by atoms with Crippen LogP contribution in [0.5, 0.6) is 0 Å². The van der Waals surface area contributed by atoms with Gasteiger partial charge in [-0.3, -0.25) is 15.4 Å². The summed E-state index contributed by atoms with van der Waals surface area (Å²) in [5.74, 6) is -0.245. The molecule has 1 rings (SSSR count). The van der Waals surface area contributed by atoms with Crippen LogP contribution in [0.15, 0.2) is 29.4 Å². The van der Waals surface area contributed by atoms with E-state index in [9.17, 15) is 14.9 Å². The van der Waals surface area contributed by atoms with E-state index >= 15 is 0 Å². The zero-order valence-electron chi connectivity index (χ0n) is 9.83. The predicted octanol–water partition coefficient (Wildman–Crippen LogP) is 2.34. The summed E-state index contributed by atoms with van der Waals surface area (Å²) in [5.41, 5.74) is 0.253. The number of non-ortho nitro benzene ring substituents is 1. The molecule has 0 bridgehead atoms. The Morgan fingerprint density at radius 3 is 2.58 bits per heavy atom. The first kappa shape index (κ1) is 14.7. The average molecular weight is 288 g/mol. The molecule has 1 aromatic rings. The smallest absolute Gasteiger partial charge is 0.396 e. The molecule has 0 saturated heterocycles. The number of benzene rings is 1. The van der Waals surface area contributed by atoms with Crippen LogP contribution >= 0.6 is 11.6 Å². The molecule has 0 fully saturated rings. The van der Waals surface area contributed by atoms with Crippen LogP contribution < -0.4 is 5.32 Å². The number of nitrogens with one attached hydrogen (secondary N) is 1. The first-order chi connectivity index (χ1) is 9.06. The number of carbonyl (C=O) groups is 1. The fourth-order valence-electron chi connectivity index (χ4n) is 1.09. The molecule has 0 unspecified atom stereocenters. The number of amides is 1. The number of nitrogens with zero attached hydrogens (tertiary/aromatic N) is 2. The highest BCUT2D eigenvalue weighted by molar-refractivity contribution is 6.28. The predicted molar refractivity (Wildman–Crippen MR) is 68.4 cm³/mol. The Morgan fingerprint density at radius 1 is 1.47 bits per heavy atom. The Morgan fingerprint density at radius 2 is 2.11 bits per heavy atom. The lowest BCUT2D eigenvalue weighted by Crippen LogP contribution is -2.19. The van der Waals surface area contributed by atoms with Gasteiger partial charge in [-0.2, -0.15) is 0 Å². The van der Waals surface area contributed by atoms with Crippen molar-refractivity contribution >= 4 is 35.0 Å². The molecule has 19 heavy (non-hydrogen) atoms. The Hall–Kier alpha value is -2.35. The number of alkyl halides is 1. The normalized spacial score (nSPS) is 10.7. The highest BCUT2D eigenvalue weighted by Crippen LogP contribution is 2.15. The number of carbonyl (C=O) groups excluding carboxylic acids is 1. The minimum absolute atomic E-state index is 0.0821. The van der Waals surface area contributed by atoms with Crippen LogP contribution in [0, 0.1) is 10.1 Å². The van der Waals surface area contributed by atoms with Crippen molar-refractivity contribution in [3.05, 3.63) is 34.4 Å². The van der Waals surface area contributed by atoms with Crippen LogP contribution in [0.2, 0.25) is 0 Å². The molecule has 0 aliphatic rings. The number of anilines is 1. The standard InChI is InChI=1S/C10H10ClN3O5/c1-18-13-9(6-11)19-10(15)12-7-2-4-8(5-3-7)14(16)17/h2-5H,6H2,1H3,(H,12,15). The minimum atomic E-state index is -0.828. The first-order valence-corrected chi connectivity index (χ1v) is 5.49. The van der Waals surface area contributed by atoms with Gasteiger partial charge in [0, 0.05) is 17.8 Å². The largest absolute Gasteiger partial charge is 0.418 e. The van der Waals surface area contributed by atoms with E-state index in [0.717, 1.165) is 0 Å². The van der Waals surface area contributed by atoms with Crippen molar-refractivity contribution in [1.29, 1.82) is 0 Å². The number of hydrogen-bond donors (Lipinski definition) is 1. The quantitative estimate of drug-likeness (QED) is 0.301. The lowest BCUT2D eigenvalue weighted by Gasteiger charge is -2.06. The number of oxime groups is 1. The molecule has 0 aliphatic heterocycles. The van der Waals surface area contributed by atoms with Gasteiger partial charge >= 0.3 is 6.09 Å². The summed E-state index contributed by atoms with van der Waals surface area (Å²) in [6, 6.07) is 5.24. The van der Waals surface area contributed by atoms with Crippen molar-refractivity contribution in [3.63, 3.8) is 0 Å². The summed E-state index contributed by atoms with van der Waals surface area (Å²) >= 11 is 5.46. The molecule has 0 atom stereocenters. The second-order valence-electron chi connectivity index (χ2n) is 3.12. The summed E-state index contributed by atoms with van der Waals surface area (Å²) in [4.78, 5) is 25.7. The van der Waals surface area contributed by atoms with Gasteiger partial charge in [0.05, 0.1) is 4.92 Å². The minimum Gasteiger partial charge on any atom is -0.396 e. The second kappa shape index (κ2) is 7.17. The third kappa shape index (κ3) is 4.80. The molecule has 0 heterocycles. The fourth-order valence-corrected chi connectivity index (χ4v) is 1.19. The zero-order chi connectivity index (χ0) is 14.3. The van der Waals surface area contributed by atoms with E-state index in [1.54, 1.807) is 0 Å². The molecule has 102 valence electrons. The van der Waals surface area contributed by atoms with Crippen molar-refractivity contribution in [2.45, 2.75) is 0 Å². The highest BCUT2D eigenvalue weighted by atomic mass is 35.5. The Kier molecular flexibility index (Phi) is 5.55. The summed E-state index contributed by atoms with van der Waals surface area (Å²) in [6.45, 7) is 0. The summed E-state index contributed by atoms with van der Waals surface area (Å²) in [7, 11) is 1.28. The van der Waals surface area contributed by atoms with Gasteiger partial charge in [-0.1, -0.05) is 5.16 Å². The van der Waals surface area contributed by atoms with Crippen LogP contribution in [0.1, 0.15) is 0 Å². The topological polar surface area (TPSA) is 103 Å². The van der Waals surface area contributed by atoms with Gasteiger partial charge in [0.1, 0.15) is 13.0 Å². The Labute approximate surface area is 113 Å². The van der Waals surface area contributed by atoms with E-state index < -0.39 is 11.0 Å². The van der Waals surface area contributed by atoms with Crippen molar-refractivity contribution in [1.82, 2.24) is 0 Å². The summed E-state index contributed by atoms with van der Waals surface area (Å²) in [5, 5.41) is 16.2. The number of nitro groups is 1. The van der Waals surface area contributed by atoms with Gasteiger partial charge in [0.15, 0.2) is 0 Å². The van der Waals surface area contributed by atoms with E-state index in [4.69, 9.17) is 16.3 Å². The van der Waals surface area contributed by atoms with Gasteiger partial charge < -0.3 is 9.57 Å². The fraction of sp³-hybridized carbons (Fsp3) is 0.200. The molecular formula is C10H10ClN3O5. The number of ether oxygens (including phenoxy) is 1. The maximum absolute atomic E-state index is 11.4. The highest BCUT2D eigenvalue weighted by Gasteiger charge is 2.10. The molecule has 8 nitrogen and oxygen atoms in total. The Bertz CT molecular complexity index is 488. The average Bonchev–Trinajstić information content (AvgIpc) is 2.38. The van der Waals surface area contributed by atoms with Gasteiger partial charge in [-0.15, -0.1) is 11.6 Å². The number of halogens is 1. The van der Waals surface area contributed by atoms with Crippen molar-refractivity contribution < 1.29 is 19.3 Å². The lowest BCUT2D eigenvalue weighted by molar-refractivity contribution is -0.384. The van der Waals surface area contributed by atoms with Gasteiger partial charge in [-0.25, -0.2) is 4.79 Å². The van der Waals surface area contributed by atoms with E-state index in [0.29, 0.717) is 5.69 Å². The van der Waals surface area contributed by atoms with Gasteiger partial charge in [0.2, 0.25) is 0 Å². The van der Waals surface area contributed by atoms with Crippen LogP contribution in [0.3, 0.4) is 0 Å². The molecule has 0 spiro atoms.